The van der Waals surface area contributed by atoms with Crippen molar-refractivity contribution in [2.75, 3.05) is 18.5 Å². The Kier molecular flexibility index (Phi) is 4.69. The highest BCUT2D eigenvalue weighted by Crippen LogP contribution is 2.32. The number of nitrogens with one attached hydrogen (secondary N) is 1. The van der Waals surface area contributed by atoms with Gasteiger partial charge in [-0.3, -0.25) is 0 Å². The number of benzene rings is 2. The molecule has 7 nitrogen and oxygen atoms in total. The molecule has 0 spiro atoms. The zero-order chi connectivity index (χ0) is 20.6. The molecule has 0 unspecified atom stereocenters. The van der Waals surface area contributed by atoms with Crippen LogP contribution < -0.4 is 5.32 Å². The Hall–Kier alpha value is -3.43. The average Bonchev–Trinajstić information content (AvgIpc) is 2.66. The van der Waals surface area contributed by atoms with E-state index in [4.69, 9.17) is 4.74 Å². The Morgan fingerprint density at radius 1 is 1.07 bits per heavy atom. The number of ether oxygens (including phenoxy) is 1. The molecule has 148 valence electrons. The number of aliphatic hydroxyl groups is 1. The van der Waals surface area contributed by atoms with Crippen LogP contribution in [-0.4, -0.2) is 39.6 Å². The second kappa shape index (κ2) is 7.19. The molecule has 0 saturated carbocycles. The van der Waals surface area contributed by atoms with Gasteiger partial charge >= 0.3 is 5.97 Å². The van der Waals surface area contributed by atoms with Crippen LogP contribution in [0.2, 0.25) is 0 Å². The third-order valence-corrected chi connectivity index (χ3v) is 4.60. The number of anilines is 2. The molecular formula is C20H15F2N3O4. The van der Waals surface area contributed by atoms with Crippen LogP contribution in [0.5, 0.6) is 0 Å². The fraction of sp³-hybridized carbons (Fsp3) is 0.150. The molecule has 2 heterocycles. The molecule has 1 aromatic heterocycles. The SMILES string of the molecule is O=C(O)c1nnc(-c2c(F)cccc2F)cc1Nc1ccc(C2(O)COC2)cc1. The second-order valence-corrected chi connectivity index (χ2v) is 6.62. The van der Waals surface area contributed by atoms with Crippen molar-refractivity contribution < 1.29 is 28.5 Å². The normalized spacial score (nSPS) is 14.9. The first-order chi connectivity index (χ1) is 13.9. The first-order valence-corrected chi connectivity index (χ1v) is 8.60. The van der Waals surface area contributed by atoms with Crippen molar-refractivity contribution >= 4 is 17.3 Å². The van der Waals surface area contributed by atoms with E-state index < -0.39 is 34.5 Å². The zero-order valence-corrected chi connectivity index (χ0v) is 14.9. The summed E-state index contributed by atoms with van der Waals surface area (Å²) in [5, 5.41) is 29.8. The number of hydrogen-bond acceptors (Lipinski definition) is 6. The van der Waals surface area contributed by atoms with E-state index in [1.807, 2.05) is 0 Å². The van der Waals surface area contributed by atoms with Crippen LogP contribution in [0.1, 0.15) is 16.1 Å². The maximum Gasteiger partial charge on any atom is 0.358 e. The molecule has 0 atom stereocenters. The Labute approximate surface area is 163 Å². The van der Waals surface area contributed by atoms with Gasteiger partial charge in [0.25, 0.3) is 0 Å². The lowest BCUT2D eigenvalue weighted by molar-refractivity contribution is -0.184. The summed E-state index contributed by atoms with van der Waals surface area (Å²) in [5.41, 5.74) is -0.807. The van der Waals surface area contributed by atoms with Crippen molar-refractivity contribution in [1.82, 2.24) is 10.2 Å². The minimum Gasteiger partial charge on any atom is -0.476 e. The second-order valence-electron chi connectivity index (χ2n) is 6.62. The molecule has 1 fully saturated rings. The monoisotopic (exact) mass is 399 g/mol. The van der Waals surface area contributed by atoms with Crippen LogP contribution in [0.4, 0.5) is 20.2 Å². The number of halogens is 2. The molecular weight excluding hydrogens is 384 g/mol. The fourth-order valence-electron chi connectivity index (χ4n) is 2.99. The molecule has 9 heteroatoms. The number of carboxylic acids is 1. The largest absolute Gasteiger partial charge is 0.476 e. The lowest BCUT2D eigenvalue weighted by Gasteiger charge is -2.36. The summed E-state index contributed by atoms with van der Waals surface area (Å²) in [6.45, 7) is 0.406. The highest BCUT2D eigenvalue weighted by atomic mass is 19.1. The van der Waals surface area contributed by atoms with Crippen molar-refractivity contribution in [3.05, 3.63) is 71.4 Å². The summed E-state index contributed by atoms with van der Waals surface area (Å²) in [7, 11) is 0. The number of carbonyl (C=O) groups is 1. The minimum absolute atomic E-state index is 0.0172. The highest BCUT2D eigenvalue weighted by Gasteiger charge is 2.37. The van der Waals surface area contributed by atoms with Gasteiger partial charge in [-0.1, -0.05) is 18.2 Å². The van der Waals surface area contributed by atoms with E-state index in [-0.39, 0.29) is 24.6 Å². The van der Waals surface area contributed by atoms with Crippen molar-refractivity contribution in [3.63, 3.8) is 0 Å². The Balaban J connectivity index is 1.69. The van der Waals surface area contributed by atoms with Crippen LogP contribution in [0, 0.1) is 11.6 Å². The quantitative estimate of drug-likeness (QED) is 0.606. The number of nitrogens with zero attached hydrogens (tertiary/aromatic N) is 2. The van der Waals surface area contributed by atoms with Crippen LogP contribution in [0.25, 0.3) is 11.3 Å². The molecule has 0 bridgehead atoms. The van der Waals surface area contributed by atoms with E-state index in [2.05, 4.69) is 15.5 Å². The van der Waals surface area contributed by atoms with Gasteiger partial charge in [0.15, 0.2) is 5.69 Å². The van der Waals surface area contributed by atoms with E-state index in [1.165, 1.54) is 12.1 Å². The first-order valence-electron chi connectivity index (χ1n) is 8.60. The van der Waals surface area contributed by atoms with Crippen LogP contribution >= 0.6 is 0 Å². The van der Waals surface area contributed by atoms with Gasteiger partial charge < -0.3 is 20.3 Å². The van der Waals surface area contributed by atoms with Crippen LogP contribution in [0.15, 0.2) is 48.5 Å². The van der Waals surface area contributed by atoms with Crippen molar-refractivity contribution in [3.8, 4) is 11.3 Å². The first kappa shape index (κ1) is 18.9. The van der Waals surface area contributed by atoms with Crippen LogP contribution in [0.3, 0.4) is 0 Å². The number of aromatic nitrogens is 2. The Morgan fingerprint density at radius 2 is 1.72 bits per heavy atom. The molecule has 2 aromatic carbocycles. The number of hydrogen-bond donors (Lipinski definition) is 3. The van der Waals surface area contributed by atoms with E-state index in [0.29, 0.717) is 11.3 Å². The number of aromatic carboxylic acids is 1. The topological polar surface area (TPSA) is 105 Å². The van der Waals surface area contributed by atoms with E-state index in [0.717, 1.165) is 12.1 Å². The summed E-state index contributed by atoms with van der Waals surface area (Å²) in [6, 6.07) is 11.2. The standard InChI is InChI=1S/C20H15F2N3O4/c21-13-2-1-3-14(22)17(13)15-8-16(18(19(26)27)25-24-15)23-12-6-4-11(5-7-12)20(28)9-29-10-20/h1-8,28H,9-10H2,(H,23,24)(H,26,27). The molecule has 1 aliphatic heterocycles. The maximum absolute atomic E-state index is 14.1. The number of rotatable bonds is 5. The smallest absolute Gasteiger partial charge is 0.358 e. The van der Waals surface area contributed by atoms with E-state index in [9.17, 15) is 23.8 Å². The van der Waals surface area contributed by atoms with E-state index in [1.54, 1.807) is 24.3 Å². The zero-order valence-electron chi connectivity index (χ0n) is 14.9. The lowest BCUT2D eigenvalue weighted by atomic mass is 9.92. The Morgan fingerprint density at radius 3 is 2.28 bits per heavy atom. The van der Waals surface area contributed by atoms with Gasteiger partial charge in [-0.25, -0.2) is 13.6 Å². The molecule has 3 aromatic rings. The minimum atomic E-state index is -1.35. The van der Waals surface area contributed by atoms with Gasteiger partial charge in [0.05, 0.1) is 24.5 Å². The predicted octanol–water partition coefficient (Wildman–Crippen LogP) is 3.08. The third kappa shape index (κ3) is 3.53. The summed E-state index contributed by atoms with van der Waals surface area (Å²) in [4.78, 5) is 11.5. The van der Waals surface area contributed by atoms with Gasteiger partial charge in [0.2, 0.25) is 0 Å². The third-order valence-electron chi connectivity index (χ3n) is 4.60. The van der Waals surface area contributed by atoms with Crippen LogP contribution in [-0.2, 0) is 10.3 Å². The molecule has 0 radical (unpaired) electrons. The fourth-order valence-corrected chi connectivity index (χ4v) is 2.99. The molecule has 4 rings (SSSR count). The van der Waals surface area contributed by atoms with Gasteiger partial charge in [-0.15, -0.1) is 10.2 Å². The molecule has 3 N–H and O–H groups in total. The molecule has 0 aliphatic carbocycles. The predicted molar refractivity (Wildman–Crippen MR) is 98.8 cm³/mol. The van der Waals surface area contributed by atoms with Gasteiger partial charge in [0.1, 0.15) is 22.9 Å². The van der Waals surface area contributed by atoms with Gasteiger partial charge in [-0.2, -0.15) is 0 Å². The summed E-state index contributed by atoms with van der Waals surface area (Å²) in [5.74, 6) is -3.03. The van der Waals surface area contributed by atoms with Gasteiger partial charge in [-0.05, 0) is 35.9 Å². The summed E-state index contributed by atoms with van der Waals surface area (Å²) >= 11 is 0. The lowest BCUT2D eigenvalue weighted by Crippen LogP contribution is -2.46. The maximum atomic E-state index is 14.1. The van der Waals surface area contributed by atoms with Crippen molar-refractivity contribution in [2.45, 2.75) is 5.60 Å². The molecule has 29 heavy (non-hydrogen) atoms. The summed E-state index contributed by atoms with van der Waals surface area (Å²) < 4.78 is 33.2. The van der Waals surface area contributed by atoms with Crippen molar-refractivity contribution in [1.29, 1.82) is 0 Å². The molecule has 1 saturated heterocycles. The van der Waals surface area contributed by atoms with Gasteiger partial charge in [0, 0.05) is 5.69 Å². The van der Waals surface area contributed by atoms with E-state index >= 15 is 0 Å². The highest BCUT2D eigenvalue weighted by molar-refractivity contribution is 5.93. The summed E-state index contributed by atoms with van der Waals surface area (Å²) in [6.07, 6.45) is 0. The average molecular weight is 399 g/mol. The Bertz CT molecular complexity index is 1070. The number of carboxylic acid groups (broad SMARTS) is 1. The van der Waals surface area contributed by atoms with Crippen molar-refractivity contribution in [2.24, 2.45) is 0 Å². The molecule has 0 amide bonds. The molecule has 1 aliphatic rings.